The minimum atomic E-state index is 0.292. The largest absolute Gasteiger partial charge is 0.454 e. The average molecular weight is 323 g/mol. The number of rotatable bonds is 6. The van der Waals surface area contributed by atoms with E-state index in [1.165, 1.54) is 5.69 Å². The fourth-order valence-corrected chi connectivity index (χ4v) is 2.31. The number of hydrogen-bond acceptors (Lipinski definition) is 5. The summed E-state index contributed by atoms with van der Waals surface area (Å²) in [5.41, 5.74) is 3.28. The Balaban J connectivity index is 1.46. The monoisotopic (exact) mass is 323 g/mol. The lowest BCUT2D eigenvalue weighted by molar-refractivity contribution is 0.174. The molecule has 0 amide bonds. The van der Waals surface area contributed by atoms with Crippen molar-refractivity contribution >= 4 is 18.1 Å². The number of fused-ring (bicyclic) bond motifs is 1. The van der Waals surface area contributed by atoms with Crippen LogP contribution in [0.3, 0.4) is 0 Å². The van der Waals surface area contributed by atoms with Crippen molar-refractivity contribution in [2.75, 3.05) is 38.9 Å². The molecule has 0 saturated carbocycles. The van der Waals surface area contributed by atoms with Gasteiger partial charge in [0.1, 0.15) is 0 Å². The predicted octanol–water partition coefficient (Wildman–Crippen LogP) is 3.02. The Morgan fingerprint density at radius 3 is 2.21 bits per heavy atom. The second-order valence-corrected chi connectivity index (χ2v) is 5.67. The van der Waals surface area contributed by atoms with Gasteiger partial charge in [-0.3, -0.25) is 9.98 Å². The number of nitrogens with zero attached hydrogens (tertiary/aromatic N) is 3. The van der Waals surface area contributed by atoms with Crippen LogP contribution in [0, 0.1) is 0 Å². The summed E-state index contributed by atoms with van der Waals surface area (Å²) in [5.74, 6) is 1.56. The molecule has 1 aliphatic heterocycles. The van der Waals surface area contributed by atoms with Gasteiger partial charge < -0.3 is 14.4 Å². The zero-order valence-corrected chi connectivity index (χ0v) is 14.0. The highest BCUT2D eigenvalue weighted by molar-refractivity contribution is 5.81. The molecule has 0 unspecified atom stereocenters. The van der Waals surface area contributed by atoms with E-state index in [1.807, 2.05) is 44.7 Å². The third-order valence-corrected chi connectivity index (χ3v) is 3.65. The van der Waals surface area contributed by atoms with Crippen LogP contribution in [0.2, 0.25) is 0 Å². The standard InChI is InChI=1S/C19H21N3O2/c1-22(2)17-6-3-15(4-7-17)12-20-9-10-21-13-16-5-8-18-19(11-16)24-14-23-18/h3-8,11-13H,9-10,14H2,1-2H3. The van der Waals surface area contributed by atoms with Crippen molar-refractivity contribution in [1.82, 2.24) is 0 Å². The number of anilines is 1. The number of benzene rings is 2. The van der Waals surface area contributed by atoms with Crippen LogP contribution < -0.4 is 14.4 Å². The van der Waals surface area contributed by atoms with Gasteiger partial charge in [-0.25, -0.2) is 0 Å². The molecule has 24 heavy (non-hydrogen) atoms. The van der Waals surface area contributed by atoms with E-state index in [-0.39, 0.29) is 0 Å². The fourth-order valence-electron chi connectivity index (χ4n) is 2.31. The Hall–Kier alpha value is -2.82. The first-order valence-corrected chi connectivity index (χ1v) is 7.89. The van der Waals surface area contributed by atoms with Gasteiger partial charge >= 0.3 is 0 Å². The van der Waals surface area contributed by atoms with Crippen LogP contribution in [-0.4, -0.2) is 46.4 Å². The Labute approximate surface area is 142 Å². The summed E-state index contributed by atoms with van der Waals surface area (Å²) in [7, 11) is 4.06. The van der Waals surface area contributed by atoms with E-state index < -0.39 is 0 Å². The lowest BCUT2D eigenvalue weighted by Gasteiger charge is -2.11. The minimum absolute atomic E-state index is 0.292. The molecule has 0 saturated heterocycles. The zero-order valence-electron chi connectivity index (χ0n) is 14.0. The average Bonchev–Trinajstić information content (AvgIpc) is 3.06. The first-order valence-electron chi connectivity index (χ1n) is 7.89. The number of hydrogen-bond donors (Lipinski definition) is 0. The van der Waals surface area contributed by atoms with Crippen molar-refractivity contribution in [3.63, 3.8) is 0 Å². The van der Waals surface area contributed by atoms with Gasteiger partial charge in [-0.15, -0.1) is 0 Å². The van der Waals surface area contributed by atoms with Gasteiger partial charge in [0, 0.05) is 32.2 Å². The molecule has 0 fully saturated rings. The van der Waals surface area contributed by atoms with Gasteiger partial charge in [0.25, 0.3) is 0 Å². The quantitative estimate of drug-likeness (QED) is 0.606. The highest BCUT2D eigenvalue weighted by Crippen LogP contribution is 2.31. The molecule has 1 aliphatic rings. The van der Waals surface area contributed by atoms with E-state index in [0.717, 1.165) is 22.6 Å². The van der Waals surface area contributed by atoms with E-state index in [0.29, 0.717) is 19.9 Å². The lowest BCUT2D eigenvalue weighted by atomic mass is 10.2. The highest BCUT2D eigenvalue weighted by atomic mass is 16.7. The summed E-state index contributed by atoms with van der Waals surface area (Å²) < 4.78 is 10.6. The van der Waals surface area contributed by atoms with Gasteiger partial charge in [0.2, 0.25) is 6.79 Å². The van der Waals surface area contributed by atoms with E-state index in [4.69, 9.17) is 9.47 Å². The Bertz CT molecular complexity index is 737. The Morgan fingerprint density at radius 1 is 0.875 bits per heavy atom. The predicted molar refractivity (Wildman–Crippen MR) is 98.3 cm³/mol. The molecule has 0 N–H and O–H groups in total. The number of aliphatic imine (C=N–C) groups is 2. The molecule has 5 nitrogen and oxygen atoms in total. The molecular weight excluding hydrogens is 302 g/mol. The molecule has 0 aromatic heterocycles. The molecule has 0 radical (unpaired) electrons. The first kappa shape index (κ1) is 16.1. The van der Waals surface area contributed by atoms with Crippen LogP contribution in [0.25, 0.3) is 0 Å². The maximum Gasteiger partial charge on any atom is 0.231 e. The van der Waals surface area contributed by atoms with Gasteiger partial charge in [-0.05, 0) is 41.5 Å². The van der Waals surface area contributed by atoms with Crippen LogP contribution in [0.15, 0.2) is 52.4 Å². The van der Waals surface area contributed by atoms with Crippen molar-refractivity contribution in [2.24, 2.45) is 9.98 Å². The van der Waals surface area contributed by atoms with Crippen molar-refractivity contribution in [2.45, 2.75) is 0 Å². The molecule has 2 aromatic rings. The number of ether oxygens (including phenoxy) is 2. The van der Waals surface area contributed by atoms with Crippen molar-refractivity contribution in [1.29, 1.82) is 0 Å². The maximum atomic E-state index is 5.35. The van der Waals surface area contributed by atoms with Gasteiger partial charge in [0.15, 0.2) is 11.5 Å². The Kier molecular flexibility index (Phi) is 5.11. The Morgan fingerprint density at radius 2 is 1.50 bits per heavy atom. The lowest BCUT2D eigenvalue weighted by Crippen LogP contribution is -2.08. The third-order valence-electron chi connectivity index (χ3n) is 3.65. The zero-order chi connectivity index (χ0) is 16.8. The van der Waals surface area contributed by atoms with Crippen molar-refractivity contribution in [3.8, 4) is 11.5 Å². The van der Waals surface area contributed by atoms with Crippen molar-refractivity contribution < 1.29 is 9.47 Å². The molecule has 5 heteroatoms. The minimum Gasteiger partial charge on any atom is -0.454 e. The van der Waals surface area contributed by atoms with Crippen LogP contribution >= 0.6 is 0 Å². The van der Waals surface area contributed by atoms with E-state index >= 15 is 0 Å². The summed E-state index contributed by atoms with van der Waals surface area (Å²) in [6, 6.07) is 14.1. The van der Waals surface area contributed by atoms with Crippen molar-refractivity contribution in [3.05, 3.63) is 53.6 Å². The molecular formula is C19H21N3O2. The summed E-state index contributed by atoms with van der Waals surface area (Å²) in [6.45, 7) is 1.61. The summed E-state index contributed by atoms with van der Waals surface area (Å²) in [6.07, 6.45) is 3.72. The molecule has 124 valence electrons. The van der Waals surface area contributed by atoms with Gasteiger partial charge in [-0.2, -0.15) is 0 Å². The summed E-state index contributed by atoms with van der Waals surface area (Å²) in [4.78, 5) is 10.9. The van der Waals surface area contributed by atoms with Crippen LogP contribution in [0.5, 0.6) is 11.5 Å². The molecule has 0 atom stereocenters. The molecule has 0 bridgehead atoms. The smallest absolute Gasteiger partial charge is 0.231 e. The van der Waals surface area contributed by atoms with Gasteiger partial charge in [-0.1, -0.05) is 12.1 Å². The van der Waals surface area contributed by atoms with Crippen LogP contribution in [0.1, 0.15) is 11.1 Å². The fraction of sp³-hybridized carbons (Fsp3) is 0.263. The normalized spacial score (nSPS) is 13.1. The van der Waals surface area contributed by atoms with Gasteiger partial charge in [0.05, 0.1) is 13.1 Å². The third kappa shape index (κ3) is 4.13. The molecule has 0 spiro atoms. The first-order chi connectivity index (χ1) is 11.7. The van der Waals surface area contributed by atoms with E-state index in [1.54, 1.807) is 0 Å². The van der Waals surface area contributed by atoms with Crippen LogP contribution in [0.4, 0.5) is 5.69 Å². The SMILES string of the molecule is CN(C)c1ccc(C=NCCN=Cc2ccc3c(c2)OCO3)cc1. The topological polar surface area (TPSA) is 46.4 Å². The maximum absolute atomic E-state index is 5.35. The molecule has 0 aliphatic carbocycles. The molecule has 3 rings (SSSR count). The second kappa shape index (κ2) is 7.64. The highest BCUT2D eigenvalue weighted by Gasteiger charge is 2.12. The van der Waals surface area contributed by atoms with E-state index in [9.17, 15) is 0 Å². The molecule has 1 heterocycles. The summed E-state index contributed by atoms with van der Waals surface area (Å²) >= 11 is 0. The summed E-state index contributed by atoms with van der Waals surface area (Å²) in [5, 5.41) is 0. The molecule has 2 aromatic carbocycles. The second-order valence-electron chi connectivity index (χ2n) is 5.67. The van der Waals surface area contributed by atoms with Crippen LogP contribution in [-0.2, 0) is 0 Å². The van der Waals surface area contributed by atoms with E-state index in [2.05, 4.69) is 39.2 Å².